The van der Waals surface area contributed by atoms with Gasteiger partial charge in [0.1, 0.15) is 5.75 Å². The molecule has 2 N–H and O–H groups in total. The van der Waals surface area contributed by atoms with Gasteiger partial charge in [0.05, 0.1) is 13.5 Å². The Morgan fingerprint density at radius 2 is 2.12 bits per heavy atom. The van der Waals surface area contributed by atoms with Gasteiger partial charge in [-0.05, 0) is 32.0 Å². The van der Waals surface area contributed by atoms with Gasteiger partial charge in [-0.1, -0.05) is 18.2 Å². The maximum absolute atomic E-state index is 10.8. The van der Waals surface area contributed by atoms with Crippen molar-refractivity contribution in [2.24, 2.45) is 0 Å². The van der Waals surface area contributed by atoms with E-state index in [9.17, 15) is 4.79 Å². The molecule has 0 aliphatic carbocycles. The first-order chi connectivity index (χ1) is 8.00. The van der Waals surface area contributed by atoms with Gasteiger partial charge in [0.15, 0.2) is 0 Å². The van der Waals surface area contributed by atoms with E-state index in [4.69, 9.17) is 9.84 Å². The lowest BCUT2D eigenvalue weighted by Crippen LogP contribution is -2.43. The van der Waals surface area contributed by atoms with Crippen molar-refractivity contribution in [3.8, 4) is 5.75 Å². The van der Waals surface area contributed by atoms with Crippen LogP contribution in [-0.2, 0) is 11.2 Å². The smallest absolute Gasteiger partial charge is 0.305 e. The van der Waals surface area contributed by atoms with Crippen molar-refractivity contribution in [1.82, 2.24) is 5.32 Å². The molecule has 0 spiro atoms. The topological polar surface area (TPSA) is 58.6 Å². The Morgan fingerprint density at radius 3 is 2.65 bits per heavy atom. The van der Waals surface area contributed by atoms with Crippen molar-refractivity contribution in [3.05, 3.63) is 29.8 Å². The molecule has 0 saturated heterocycles. The Balaban J connectivity index is 2.90. The fourth-order valence-corrected chi connectivity index (χ4v) is 1.84. The molecule has 0 amide bonds. The molecular formula is C13H19NO3. The van der Waals surface area contributed by atoms with E-state index < -0.39 is 11.5 Å². The number of carboxylic acid groups (broad SMARTS) is 1. The van der Waals surface area contributed by atoms with Crippen molar-refractivity contribution in [2.45, 2.75) is 25.3 Å². The van der Waals surface area contributed by atoms with Crippen LogP contribution in [0, 0.1) is 0 Å². The summed E-state index contributed by atoms with van der Waals surface area (Å²) in [5.41, 5.74) is 0.536. The standard InChI is InChI=1S/C13H19NO3/c1-13(14-2,9-12(15)16)8-10-6-4-5-7-11(10)17-3/h4-7,14H,8-9H2,1-3H3,(H,15,16). The predicted molar refractivity (Wildman–Crippen MR) is 66.4 cm³/mol. The number of para-hydroxylation sites is 1. The molecule has 0 radical (unpaired) electrons. The predicted octanol–water partition coefficient (Wildman–Crippen LogP) is 1.69. The number of ether oxygens (including phenoxy) is 1. The van der Waals surface area contributed by atoms with Crippen LogP contribution in [0.2, 0.25) is 0 Å². The minimum absolute atomic E-state index is 0.0710. The molecule has 1 atom stereocenters. The fourth-order valence-electron chi connectivity index (χ4n) is 1.84. The van der Waals surface area contributed by atoms with Crippen LogP contribution in [0.4, 0.5) is 0 Å². The Kier molecular flexibility index (Phi) is 4.52. The van der Waals surface area contributed by atoms with Gasteiger partial charge in [-0.2, -0.15) is 0 Å². The summed E-state index contributed by atoms with van der Waals surface area (Å²) in [6.07, 6.45) is 0.682. The summed E-state index contributed by atoms with van der Waals surface area (Å²) < 4.78 is 5.27. The number of nitrogens with one attached hydrogen (secondary N) is 1. The van der Waals surface area contributed by atoms with Crippen LogP contribution in [-0.4, -0.2) is 30.8 Å². The molecule has 4 heteroatoms. The molecule has 0 fully saturated rings. The molecule has 94 valence electrons. The maximum Gasteiger partial charge on any atom is 0.305 e. The SMILES string of the molecule is CNC(C)(CC(=O)O)Cc1ccccc1OC. The summed E-state index contributed by atoms with van der Waals surface area (Å²) >= 11 is 0. The van der Waals surface area contributed by atoms with E-state index in [1.54, 1.807) is 14.2 Å². The number of aliphatic carboxylic acids is 1. The molecule has 0 heterocycles. The molecule has 0 saturated carbocycles. The van der Waals surface area contributed by atoms with Crippen molar-refractivity contribution in [3.63, 3.8) is 0 Å². The molecule has 1 rings (SSSR count). The normalized spacial score (nSPS) is 14.1. The van der Waals surface area contributed by atoms with E-state index in [0.29, 0.717) is 6.42 Å². The highest BCUT2D eigenvalue weighted by Gasteiger charge is 2.26. The third kappa shape index (κ3) is 3.75. The Bertz CT molecular complexity index is 392. The van der Waals surface area contributed by atoms with Crippen molar-refractivity contribution in [1.29, 1.82) is 0 Å². The summed E-state index contributed by atoms with van der Waals surface area (Å²) in [5.74, 6) is -0.0175. The van der Waals surface area contributed by atoms with E-state index in [1.165, 1.54) is 0 Å². The van der Waals surface area contributed by atoms with E-state index in [2.05, 4.69) is 5.32 Å². The largest absolute Gasteiger partial charge is 0.496 e. The first kappa shape index (κ1) is 13.5. The van der Waals surface area contributed by atoms with Crippen molar-refractivity contribution in [2.75, 3.05) is 14.2 Å². The lowest BCUT2D eigenvalue weighted by Gasteiger charge is -2.28. The molecule has 1 unspecified atom stereocenters. The Morgan fingerprint density at radius 1 is 1.47 bits per heavy atom. The number of benzene rings is 1. The quantitative estimate of drug-likeness (QED) is 0.790. The van der Waals surface area contributed by atoms with Crippen molar-refractivity contribution < 1.29 is 14.6 Å². The fraction of sp³-hybridized carbons (Fsp3) is 0.462. The van der Waals surface area contributed by atoms with Gasteiger partial charge < -0.3 is 15.2 Å². The van der Waals surface area contributed by atoms with Gasteiger partial charge >= 0.3 is 5.97 Å². The van der Waals surface area contributed by atoms with Crippen molar-refractivity contribution >= 4 is 5.97 Å². The zero-order chi connectivity index (χ0) is 12.9. The summed E-state index contributed by atoms with van der Waals surface area (Å²) in [4.78, 5) is 10.8. The monoisotopic (exact) mass is 237 g/mol. The summed E-state index contributed by atoms with van der Waals surface area (Å²) in [7, 11) is 3.39. The van der Waals surface area contributed by atoms with Crippen LogP contribution >= 0.6 is 0 Å². The van der Waals surface area contributed by atoms with E-state index >= 15 is 0 Å². The number of methoxy groups -OCH3 is 1. The average Bonchev–Trinajstić information content (AvgIpc) is 2.28. The van der Waals surface area contributed by atoms with Gasteiger partial charge in [0, 0.05) is 5.54 Å². The van der Waals surface area contributed by atoms with Gasteiger partial charge in [-0.25, -0.2) is 0 Å². The molecular weight excluding hydrogens is 218 g/mol. The van der Waals surface area contributed by atoms with Crippen LogP contribution in [0.3, 0.4) is 0 Å². The average molecular weight is 237 g/mol. The third-order valence-electron chi connectivity index (χ3n) is 2.92. The number of hydrogen-bond acceptors (Lipinski definition) is 3. The second-order valence-electron chi connectivity index (χ2n) is 4.37. The minimum atomic E-state index is -0.809. The molecule has 17 heavy (non-hydrogen) atoms. The number of carboxylic acids is 1. The van der Waals surface area contributed by atoms with Crippen LogP contribution < -0.4 is 10.1 Å². The lowest BCUT2D eigenvalue weighted by molar-refractivity contribution is -0.138. The van der Waals surface area contributed by atoms with Crippen LogP contribution in [0.1, 0.15) is 18.9 Å². The van der Waals surface area contributed by atoms with E-state index in [1.807, 2.05) is 31.2 Å². The number of carbonyl (C=O) groups is 1. The molecule has 0 aliphatic heterocycles. The molecule has 0 bridgehead atoms. The maximum atomic E-state index is 10.8. The first-order valence-electron chi connectivity index (χ1n) is 5.53. The zero-order valence-electron chi connectivity index (χ0n) is 10.5. The highest BCUT2D eigenvalue weighted by molar-refractivity contribution is 5.68. The number of hydrogen-bond donors (Lipinski definition) is 2. The van der Waals surface area contributed by atoms with Gasteiger partial charge in [-0.3, -0.25) is 4.79 Å². The van der Waals surface area contributed by atoms with Crippen LogP contribution in [0.25, 0.3) is 0 Å². The van der Waals surface area contributed by atoms with E-state index in [0.717, 1.165) is 11.3 Å². The summed E-state index contributed by atoms with van der Waals surface area (Å²) in [6, 6.07) is 7.66. The van der Waals surface area contributed by atoms with Crippen LogP contribution in [0.15, 0.2) is 24.3 Å². The second kappa shape index (κ2) is 5.68. The minimum Gasteiger partial charge on any atom is -0.496 e. The number of likely N-dealkylation sites (N-methyl/N-ethyl adjacent to an activating group) is 1. The molecule has 1 aromatic rings. The highest BCUT2D eigenvalue weighted by Crippen LogP contribution is 2.24. The summed E-state index contributed by atoms with van der Waals surface area (Å²) in [5, 5.41) is 12.0. The highest BCUT2D eigenvalue weighted by atomic mass is 16.5. The van der Waals surface area contributed by atoms with Crippen LogP contribution in [0.5, 0.6) is 5.75 Å². The summed E-state index contributed by atoms with van der Waals surface area (Å²) in [6.45, 7) is 1.90. The first-order valence-corrected chi connectivity index (χ1v) is 5.53. The van der Waals surface area contributed by atoms with Gasteiger partial charge in [0.2, 0.25) is 0 Å². The zero-order valence-corrected chi connectivity index (χ0v) is 10.5. The Labute approximate surface area is 102 Å². The molecule has 0 aliphatic rings. The van der Waals surface area contributed by atoms with Gasteiger partial charge in [-0.15, -0.1) is 0 Å². The molecule has 4 nitrogen and oxygen atoms in total. The third-order valence-corrected chi connectivity index (χ3v) is 2.92. The molecule has 0 aromatic heterocycles. The van der Waals surface area contributed by atoms with E-state index in [-0.39, 0.29) is 6.42 Å². The lowest BCUT2D eigenvalue weighted by atomic mass is 9.89. The second-order valence-corrected chi connectivity index (χ2v) is 4.37. The Hall–Kier alpha value is -1.55. The number of rotatable bonds is 6. The van der Waals surface area contributed by atoms with Gasteiger partial charge in [0.25, 0.3) is 0 Å². The molecule has 1 aromatic carbocycles.